The summed E-state index contributed by atoms with van der Waals surface area (Å²) in [4.78, 5) is 16.9. The smallest absolute Gasteiger partial charge is 0.354 e. The third kappa shape index (κ3) is 2.41. The van der Waals surface area contributed by atoms with Crippen molar-refractivity contribution in [3.05, 3.63) is 24.0 Å². The minimum atomic E-state index is -1.01. The van der Waals surface area contributed by atoms with Gasteiger partial charge in [0.25, 0.3) is 0 Å². The summed E-state index contributed by atoms with van der Waals surface area (Å²) >= 11 is 0. The molecule has 1 N–H and O–H groups in total. The molecule has 2 fully saturated rings. The molecule has 0 atom stereocenters. The molecule has 3 heterocycles. The van der Waals surface area contributed by atoms with Gasteiger partial charge in [-0.3, -0.25) is 0 Å². The first-order chi connectivity index (χ1) is 9.19. The van der Waals surface area contributed by atoms with Crippen LogP contribution in [0.5, 0.6) is 0 Å². The average molecular weight is 264 g/mol. The second kappa shape index (κ2) is 4.79. The summed E-state index contributed by atoms with van der Waals surface area (Å²) < 4.78 is 11.4. The molecule has 6 nitrogen and oxygen atoms in total. The lowest BCUT2D eigenvalue weighted by Crippen LogP contribution is -2.49. The number of nitrogens with zero attached hydrogens (tertiary/aromatic N) is 2. The van der Waals surface area contributed by atoms with Gasteiger partial charge in [0.15, 0.2) is 5.79 Å². The Kier molecular flexibility index (Phi) is 3.12. The van der Waals surface area contributed by atoms with E-state index in [0.29, 0.717) is 19.8 Å². The van der Waals surface area contributed by atoms with Gasteiger partial charge in [-0.2, -0.15) is 0 Å². The largest absolute Gasteiger partial charge is 0.477 e. The van der Waals surface area contributed by atoms with Gasteiger partial charge in [-0.05, 0) is 18.6 Å². The van der Waals surface area contributed by atoms with E-state index in [4.69, 9.17) is 14.6 Å². The lowest BCUT2D eigenvalue weighted by atomic mass is 10.0. The fourth-order valence-corrected chi connectivity index (χ4v) is 2.67. The minimum Gasteiger partial charge on any atom is -0.477 e. The van der Waals surface area contributed by atoms with Crippen LogP contribution < -0.4 is 4.90 Å². The van der Waals surface area contributed by atoms with Crippen LogP contribution in [0.25, 0.3) is 0 Å². The minimum absolute atomic E-state index is 0.0605. The molecule has 0 aliphatic carbocycles. The zero-order chi connectivity index (χ0) is 13.3. The average Bonchev–Trinajstić information content (AvgIpc) is 2.87. The van der Waals surface area contributed by atoms with Crippen LogP contribution in [-0.2, 0) is 9.47 Å². The summed E-state index contributed by atoms with van der Waals surface area (Å²) in [5.41, 5.74) is 0.913. The Balaban J connectivity index is 1.81. The van der Waals surface area contributed by atoms with Crippen LogP contribution in [0.4, 0.5) is 5.69 Å². The number of carboxylic acids is 1. The summed E-state index contributed by atoms with van der Waals surface area (Å²) in [7, 11) is 0. The van der Waals surface area contributed by atoms with Gasteiger partial charge in [0.2, 0.25) is 0 Å². The summed E-state index contributed by atoms with van der Waals surface area (Å²) in [6.07, 6.45) is 3.38. The fourth-order valence-electron chi connectivity index (χ4n) is 2.67. The molecule has 102 valence electrons. The van der Waals surface area contributed by atoms with Gasteiger partial charge in [-0.1, -0.05) is 0 Å². The van der Waals surface area contributed by atoms with Crippen LogP contribution in [0.1, 0.15) is 23.3 Å². The molecule has 0 amide bonds. The zero-order valence-corrected chi connectivity index (χ0v) is 10.5. The molecule has 0 unspecified atom stereocenters. The lowest BCUT2D eigenvalue weighted by Gasteiger charge is -2.39. The monoisotopic (exact) mass is 264 g/mol. The van der Waals surface area contributed by atoms with Crippen LogP contribution in [-0.4, -0.2) is 48.2 Å². The third-order valence-corrected chi connectivity index (χ3v) is 3.56. The summed E-state index contributed by atoms with van der Waals surface area (Å²) in [5.74, 6) is -1.52. The Morgan fingerprint density at radius 1 is 1.42 bits per heavy atom. The highest BCUT2D eigenvalue weighted by Gasteiger charge is 2.40. The Morgan fingerprint density at radius 3 is 2.95 bits per heavy atom. The van der Waals surface area contributed by atoms with Crippen LogP contribution in [0.15, 0.2) is 18.3 Å². The molecule has 0 radical (unpaired) electrons. The highest BCUT2D eigenvalue weighted by Crippen LogP contribution is 2.32. The number of hydrogen-bond donors (Lipinski definition) is 1. The Labute approximate surface area is 111 Å². The predicted molar refractivity (Wildman–Crippen MR) is 67.3 cm³/mol. The second-order valence-corrected chi connectivity index (χ2v) is 4.84. The van der Waals surface area contributed by atoms with Crippen LogP contribution in [0.2, 0.25) is 0 Å². The zero-order valence-electron chi connectivity index (χ0n) is 10.5. The summed E-state index contributed by atoms with van der Waals surface area (Å²) in [6.45, 7) is 2.77. The maximum absolute atomic E-state index is 11.0. The van der Waals surface area contributed by atoms with Crippen molar-refractivity contribution in [2.75, 3.05) is 31.2 Å². The Hall–Kier alpha value is -1.66. The number of hydrogen-bond acceptors (Lipinski definition) is 5. The summed E-state index contributed by atoms with van der Waals surface area (Å²) in [5, 5.41) is 8.98. The van der Waals surface area contributed by atoms with E-state index in [1.54, 1.807) is 6.07 Å². The molecule has 19 heavy (non-hydrogen) atoms. The number of piperidine rings is 1. The van der Waals surface area contributed by atoms with E-state index in [1.807, 2.05) is 6.07 Å². The highest BCUT2D eigenvalue weighted by molar-refractivity contribution is 5.86. The van der Waals surface area contributed by atoms with E-state index in [0.717, 1.165) is 25.1 Å². The van der Waals surface area contributed by atoms with Crippen molar-refractivity contribution in [2.24, 2.45) is 0 Å². The van der Waals surface area contributed by atoms with Crippen molar-refractivity contribution in [3.8, 4) is 0 Å². The van der Waals surface area contributed by atoms with Gasteiger partial charge in [-0.15, -0.1) is 0 Å². The molecule has 2 aliphatic rings. The van der Waals surface area contributed by atoms with Crippen molar-refractivity contribution in [2.45, 2.75) is 18.6 Å². The number of pyridine rings is 1. The lowest BCUT2D eigenvalue weighted by molar-refractivity contribution is -0.161. The van der Waals surface area contributed by atoms with Crippen molar-refractivity contribution in [1.29, 1.82) is 0 Å². The Bertz CT molecular complexity index is 485. The number of carboxylic acid groups (broad SMARTS) is 1. The maximum Gasteiger partial charge on any atom is 0.354 e. The predicted octanol–water partition coefficient (Wildman–Crippen LogP) is 1.12. The molecule has 1 aromatic heterocycles. The number of ether oxygens (including phenoxy) is 2. The number of rotatable bonds is 2. The first-order valence-corrected chi connectivity index (χ1v) is 6.41. The van der Waals surface area contributed by atoms with Crippen molar-refractivity contribution >= 4 is 11.7 Å². The molecule has 1 spiro atoms. The van der Waals surface area contributed by atoms with E-state index < -0.39 is 11.8 Å². The number of aromatic nitrogens is 1. The molecule has 0 saturated carbocycles. The van der Waals surface area contributed by atoms with Gasteiger partial charge in [0.1, 0.15) is 5.69 Å². The van der Waals surface area contributed by atoms with E-state index in [-0.39, 0.29) is 5.69 Å². The van der Waals surface area contributed by atoms with Gasteiger partial charge < -0.3 is 19.5 Å². The van der Waals surface area contributed by atoms with Crippen LogP contribution >= 0.6 is 0 Å². The van der Waals surface area contributed by atoms with Gasteiger partial charge in [0.05, 0.1) is 19.8 Å². The molecule has 0 bridgehead atoms. The fraction of sp³-hybridized carbons (Fsp3) is 0.538. The maximum atomic E-state index is 11.0. The van der Waals surface area contributed by atoms with E-state index in [9.17, 15) is 4.79 Å². The van der Waals surface area contributed by atoms with Gasteiger partial charge >= 0.3 is 5.97 Å². The molecule has 1 aromatic rings. The van der Waals surface area contributed by atoms with Gasteiger partial charge in [0, 0.05) is 24.8 Å². The normalized spacial score (nSPS) is 21.8. The quantitative estimate of drug-likeness (QED) is 0.863. The Morgan fingerprint density at radius 2 is 2.21 bits per heavy atom. The number of anilines is 1. The molecule has 2 aliphatic heterocycles. The topological polar surface area (TPSA) is 71.9 Å². The summed E-state index contributed by atoms with van der Waals surface area (Å²) in [6, 6.07) is 3.41. The third-order valence-electron chi connectivity index (χ3n) is 3.56. The van der Waals surface area contributed by atoms with Crippen LogP contribution in [0, 0.1) is 0 Å². The van der Waals surface area contributed by atoms with Crippen LogP contribution in [0.3, 0.4) is 0 Å². The molecule has 6 heteroatoms. The standard InChI is InChI=1S/C13H16N2O4/c16-12(17)11-8-10(2-4-14-11)15-5-1-3-13(9-15)18-6-7-19-13/h2,4,8H,1,3,5-7,9H2,(H,16,17). The SMILES string of the molecule is O=C(O)c1cc(N2CCCC3(C2)OCCO3)ccn1. The molecule has 0 aromatic carbocycles. The first kappa shape index (κ1) is 12.4. The number of aromatic carboxylic acids is 1. The van der Waals surface area contributed by atoms with Crippen molar-refractivity contribution in [3.63, 3.8) is 0 Å². The molecular formula is C13H16N2O4. The highest BCUT2D eigenvalue weighted by atomic mass is 16.7. The van der Waals surface area contributed by atoms with E-state index in [1.165, 1.54) is 6.20 Å². The first-order valence-electron chi connectivity index (χ1n) is 6.41. The van der Waals surface area contributed by atoms with E-state index in [2.05, 4.69) is 9.88 Å². The van der Waals surface area contributed by atoms with Crippen molar-refractivity contribution < 1.29 is 19.4 Å². The molecule has 3 rings (SSSR count). The second-order valence-electron chi connectivity index (χ2n) is 4.84. The molecular weight excluding hydrogens is 248 g/mol. The van der Waals surface area contributed by atoms with Gasteiger partial charge in [-0.25, -0.2) is 9.78 Å². The molecule has 2 saturated heterocycles. The van der Waals surface area contributed by atoms with E-state index >= 15 is 0 Å². The number of carbonyl (C=O) groups is 1. The van der Waals surface area contributed by atoms with Crippen molar-refractivity contribution in [1.82, 2.24) is 4.98 Å².